The van der Waals surface area contributed by atoms with E-state index < -0.39 is 0 Å². The van der Waals surface area contributed by atoms with Gasteiger partial charge in [-0.3, -0.25) is 0 Å². The summed E-state index contributed by atoms with van der Waals surface area (Å²) in [4.78, 5) is 0. The third-order valence-corrected chi connectivity index (χ3v) is 2.09. The second-order valence-electron chi connectivity index (χ2n) is 3.01. The lowest BCUT2D eigenvalue weighted by atomic mass is 9.84. The van der Waals surface area contributed by atoms with Gasteiger partial charge in [-0.05, 0) is 25.2 Å². The van der Waals surface area contributed by atoms with Crippen LogP contribution in [-0.4, -0.2) is 0 Å². The van der Waals surface area contributed by atoms with Crippen LogP contribution in [0, 0.1) is 5.92 Å². The Bertz CT molecular complexity index is 142. The molecule has 1 saturated carbocycles. The third kappa shape index (κ3) is 1.44. The molecule has 9 heavy (non-hydrogen) atoms. The van der Waals surface area contributed by atoms with E-state index in [1.54, 1.807) is 0 Å². The highest BCUT2D eigenvalue weighted by Crippen LogP contribution is 2.29. The summed E-state index contributed by atoms with van der Waals surface area (Å²) in [7, 11) is 0. The Morgan fingerprint density at radius 3 is 2.44 bits per heavy atom. The maximum absolute atomic E-state index is 3.99. The van der Waals surface area contributed by atoms with Crippen molar-refractivity contribution in [1.82, 2.24) is 0 Å². The van der Waals surface area contributed by atoms with Crippen LogP contribution in [0.3, 0.4) is 0 Å². The van der Waals surface area contributed by atoms with Crippen LogP contribution in [0.5, 0.6) is 0 Å². The summed E-state index contributed by atoms with van der Waals surface area (Å²) in [6, 6.07) is 0. The van der Waals surface area contributed by atoms with Crippen molar-refractivity contribution < 1.29 is 0 Å². The first-order valence-corrected chi connectivity index (χ1v) is 3.54. The molecule has 1 rings (SSSR count). The van der Waals surface area contributed by atoms with E-state index >= 15 is 0 Å². The number of hydrogen-bond acceptors (Lipinski definition) is 0. The first kappa shape index (κ1) is 6.60. The van der Waals surface area contributed by atoms with Crippen LogP contribution in [0.15, 0.2) is 24.3 Å². The molecule has 1 aliphatic carbocycles. The van der Waals surface area contributed by atoms with Crippen molar-refractivity contribution in [1.29, 1.82) is 0 Å². The minimum atomic E-state index is 0.686. The van der Waals surface area contributed by atoms with Crippen molar-refractivity contribution in [3.05, 3.63) is 24.3 Å². The fourth-order valence-corrected chi connectivity index (χ4v) is 1.26. The fourth-order valence-electron chi connectivity index (χ4n) is 1.26. The first-order chi connectivity index (χ1) is 4.20. The van der Waals surface area contributed by atoms with E-state index in [-0.39, 0.29) is 0 Å². The molecule has 0 saturated heterocycles. The SMILES string of the molecule is C=C1CCC(=C)C(C)C1. The Morgan fingerprint density at radius 1 is 1.33 bits per heavy atom. The molecule has 0 heterocycles. The van der Waals surface area contributed by atoms with Crippen LogP contribution in [0.1, 0.15) is 26.2 Å². The highest BCUT2D eigenvalue weighted by atomic mass is 14.2. The van der Waals surface area contributed by atoms with E-state index in [4.69, 9.17) is 0 Å². The summed E-state index contributed by atoms with van der Waals surface area (Å²) in [5, 5.41) is 0. The van der Waals surface area contributed by atoms with Gasteiger partial charge in [-0.15, -0.1) is 0 Å². The van der Waals surface area contributed by atoms with Gasteiger partial charge in [0.25, 0.3) is 0 Å². The summed E-state index contributed by atoms with van der Waals surface area (Å²) in [6.07, 6.45) is 3.50. The number of hydrogen-bond donors (Lipinski definition) is 0. The summed E-state index contributed by atoms with van der Waals surface area (Å²) < 4.78 is 0. The predicted molar refractivity (Wildman–Crippen MR) is 41.3 cm³/mol. The van der Waals surface area contributed by atoms with Crippen LogP contribution >= 0.6 is 0 Å². The normalized spacial score (nSPS) is 28.8. The molecule has 0 N–H and O–H groups in total. The van der Waals surface area contributed by atoms with Gasteiger partial charge in [0.15, 0.2) is 0 Å². The molecule has 0 aliphatic heterocycles. The van der Waals surface area contributed by atoms with Gasteiger partial charge in [0.1, 0.15) is 0 Å². The Kier molecular flexibility index (Phi) is 1.75. The van der Waals surface area contributed by atoms with Crippen molar-refractivity contribution in [3.8, 4) is 0 Å². The van der Waals surface area contributed by atoms with Crippen LogP contribution in [-0.2, 0) is 0 Å². The van der Waals surface area contributed by atoms with Crippen LogP contribution in [0.4, 0.5) is 0 Å². The smallest absolute Gasteiger partial charge is 0.0197 e. The first-order valence-electron chi connectivity index (χ1n) is 3.54. The molecule has 1 aliphatic rings. The van der Waals surface area contributed by atoms with Crippen molar-refractivity contribution >= 4 is 0 Å². The zero-order valence-electron chi connectivity index (χ0n) is 6.11. The van der Waals surface area contributed by atoms with Crippen LogP contribution < -0.4 is 0 Å². The zero-order valence-corrected chi connectivity index (χ0v) is 6.11. The van der Waals surface area contributed by atoms with Crippen molar-refractivity contribution in [2.75, 3.05) is 0 Å². The van der Waals surface area contributed by atoms with Gasteiger partial charge in [-0.25, -0.2) is 0 Å². The lowest BCUT2D eigenvalue weighted by Gasteiger charge is -2.22. The Hall–Kier alpha value is -0.520. The predicted octanol–water partition coefficient (Wildman–Crippen LogP) is 2.92. The number of allylic oxidation sites excluding steroid dienone is 2. The van der Waals surface area contributed by atoms with Gasteiger partial charge in [0.05, 0.1) is 0 Å². The van der Waals surface area contributed by atoms with E-state index in [2.05, 4.69) is 20.1 Å². The Balaban J connectivity index is 2.54. The molecule has 1 unspecified atom stereocenters. The fraction of sp³-hybridized carbons (Fsp3) is 0.556. The second kappa shape index (κ2) is 2.38. The maximum atomic E-state index is 3.99. The van der Waals surface area contributed by atoms with Gasteiger partial charge in [0.2, 0.25) is 0 Å². The third-order valence-electron chi connectivity index (χ3n) is 2.09. The molecule has 50 valence electrons. The number of rotatable bonds is 0. The summed E-state index contributed by atoms with van der Waals surface area (Å²) >= 11 is 0. The van der Waals surface area contributed by atoms with Crippen LogP contribution in [0.2, 0.25) is 0 Å². The molecular formula is C9H14. The molecule has 0 spiro atoms. The second-order valence-corrected chi connectivity index (χ2v) is 3.01. The molecule has 0 aromatic rings. The zero-order chi connectivity index (χ0) is 6.85. The van der Waals surface area contributed by atoms with E-state index in [1.807, 2.05) is 0 Å². The standard InChI is InChI=1S/C9H14/c1-7-4-5-8(2)9(3)6-7/h9H,1-2,4-6H2,3H3. The summed E-state index contributed by atoms with van der Waals surface area (Å²) in [6.45, 7) is 10.2. The van der Waals surface area contributed by atoms with Crippen molar-refractivity contribution in [2.45, 2.75) is 26.2 Å². The lowest BCUT2D eigenvalue weighted by Crippen LogP contribution is -2.06. The molecule has 0 nitrogen and oxygen atoms in total. The molecule has 0 heteroatoms. The van der Waals surface area contributed by atoms with E-state index in [0.29, 0.717) is 5.92 Å². The van der Waals surface area contributed by atoms with Gasteiger partial charge in [-0.2, -0.15) is 0 Å². The average molecular weight is 122 g/mol. The van der Waals surface area contributed by atoms with E-state index in [9.17, 15) is 0 Å². The molecule has 0 aromatic carbocycles. The van der Waals surface area contributed by atoms with E-state index in [0.717, 1.165) is 0 Å². The minimum Gasteiger partial charge on any atom is -0.0998 e. The largest absolute Gasteiger partial charge is 0.0998 e. The van der Waals surface area contributed by atoms with Gasteiger partial charge >= 0.3 is 0 Å². The quantitative estimate of drug-likeness (QED) is 0.433. The van der Waals surface area contributed by atoms with Gasteiger partial charge < -0.3 is 0 Å². The highest BCUT2D eigenvalue weighted by Gasteiger charge is 2.13. The molecular weight excluding hydrogens is 108 g/mol. The molecule has 0 amide bonds. The Morgan fingerprint density at radius 2 is 2.00 bits per heavy atom. The highest BCUT2D eigenvalue weighted by molar-refractivity contribution is 5.13. The molecule has 1 atom stereocenters. The van der Waals surface area contributed by atoms with Gasteiger partial charge in [0, 0.05) is 0 Å². The summed E-state index contributed by atoms with van der Waals surface area (Å²) in [5.41, 5.74) is 2.80. The molecule has 1 fully saturated rings. The Labute approximate surface area is 57.3 Å². The topological polar surface area (TPSA) is 0 Å². The van der Waals surface area contributed by atoms with E-state index in [1.165, 1.54) is 30.4 Å². The minimum absolute atomic E-state index is 0.686. The van der Waals surface area contributed by atoms with Gasteiger partial charge in [-0.1, -0.05) is 31.2 Å². The monoisotopic (exact) mass is 122 g/mol. The van der Waals surface area contributed by atoms with Crippen molar-refractivity contribution in [2.24, 2.45) is 5.92 Å². The molecule has 0 aromatic heterocycles. The lowest BCUT2D eigenvalue weighted by molar-refractivity contribution is 0.578. The molecule has 0 bridgehead atoms. The average Bonchev–Trinajstić information content (AvgIpc) is 1.80. The van der Waals surface area contributed by atoms with Crippen molar-refractivity contribution in [3.63, 3.8) is 0 Å². The van der Waals surface area contributed by atoms with Crippen LogP contribution in [0.25, 0.3) is 0 Å². The molecule has 0 radical (unpaired) electrons. The summed E-state index contributed by atoms with van der Waals surface area (Å²) in [5.74, 6) is 0.686. The maximum Gasteiger partial charge on any atom is -0.0197 e.